The predicted molar refractivity (Wildman–Crippen MR) is 152 cm³/mol. The van der Waals surface area contributed by atoms with Crippen molar-refractivity contribution in [1.29, 1.82) is 0 Å². The first-order valence-electron chi connectivity index (χ1n) is 13.1. The van der Waals surface area contributed by atoms with Gasteiger partial charge < -0.3 is 24.4 Å². The average molecular weight is 554 g/mol. The number of hydrogen-bond acceptors (Lipinski definition) is 8. The van der Waals surface area contributed by atoms with Crippen LogP contribution in [-0.2, 0) is 9.47 Å². The van der Waals surface area contributed by atoms with Gasteiger partial charge in [0.25, 0.3) is 0 Å². The number of nitrogens with zero attached hydrogens (tertiary/aromatic N) is 3. The highest BCUT2D eigenvalue weighted by atomic mass is 35.5. The Labute approximate surface area is 232 Å². The maximum atomic E-state index is 13.3. The van der Waals surface area contributed by atoms with Crippen molar-refractivity contribution in [3.05, 3.63) is 52.0 Å². The van der Waals surface area contributed by atoms with Crippen molar-refractivity contribution in [1.82, 2.24) is 4.98 Å². The Kier molecular flexibility index (Phi) is 6.95. The number of morpholine rings is 2. The molecule has 6 rings (SSSR count). The zero-order valence-corrected chi connectivity index (χ0v) is 23.3. The maximum absolute atomic E-state index is 13.3. The Morgan fingerprint density at radius 2 is 1.71 bits per heavy atom. The van der Waals surface area contributed by atoms with Crippen LogP contribution in [0.25, 0.3) is 22.4 Å². The van der Waals surface area contributed by atoms with Crippen molar-refractivity contribution in [2.45, 2.75) is 26.4 Å². The molecule has 7 nitrogen and oxygen atoms in total. The summed E-state index contributed by atoms with van der Waals surface area (Å²) in [5, 5.41) is 13.2. The normalized spacial score (nSPS) is 21.5. The molecule has 2 saturated heterocycles. The number of thiophene rings is 1. The van der Waals surface area contributed by atoms with Gasteiger partial charge in [-0.3, -0.25) is 9.78 Å². The molecule has 2 aliphatic heterocycles. The van der Waals surface area contributed by atoms with Gasteiger partial charge in [-0.1, -0.05) is 25.4 Å². The molecule has 2 fully saturated rings. The Morgan fingerprint density at radius 1 is 1.03 bits per heavy atom. The lowest BCUT2D eigenvalue weighted by molar-refractivity contribution is 0.0330. The molecule has 0 bridgehead atoms. The van der Waals surface area contributed by atoms with Crippen LogP contribution in [0.3, 0.4) is 0 Å². The summed E-state index contributed by atoms with van der Waals surface area (Å²) in [6, 6.07) is 10.1. The van der Waals surface area contributed by atoms with Crippen LogP contribution in [0.1, 0.15) is 41.6 Å². The zero-order valence-electron chi connectivity index (χ0n) is 21.7. The van der Waals surface area contributed by atoms with Gasteiger partial charge in [-0.2, -0.15) is 0 Å². The van der Waals surface area contributed by atoms with Gasteiger partial charge >= 0.3 is 0 Å². The van der Waals surface area contributed by atoms with E-state index in [9.17, 15) is 9.90 Å². The number of rotatable bonds is 4. The monoisotopic (exact) mass is 553 g/mol. The number of anilines is 2. The van der Waals surface area contributed by atoms with Crippen molar-refractivity contribution >= 4 is 39.4 Å². The largest absolute Gasteiger partial charge is 0.388 e. The molecular weight excluding hydrogens is 522 g/mol. The minimum atomic E-state index is -0.749. The number of aliphatic hydroxyl groups excluding tert-OH is 1. The van der Waals surface area contributed by atoms with Crippen LogP contribution in [0.5, 0.6) is 0 Å². The summed E-state index contributed by atoms with van der Waals surface area (Å²) in [5.74, 6) is 0.0941. The lowest BCUT2D eigenvalue weighted by atomic mass is 9.72. The molecule has 9 heteroatoms. The second-order valence-corrected chi connectivity index (χ2v) is 12.2. The second kappa shape index (κ2) is 10.2. The average Bonchev–Trinajstić information content (AvgIpc) is 3.34. The Balaban J connectivity index is 1.48. The molecule has 1 aromatic carbocycles. The minimum Gasteiger partial charge on any atom is -0.388 e. The molecule has 1 atom stereocenters. The molecule has 3 aromatic rings. The number of ketones is 1. The fourth-order valence-corrected chi connectivity index (χ4v) is 7.17. The van der Waals surface area contributed by atoms with Gasteiger partial charge in [0.1, 0.15) is 5.00 Å². The quantitative estimate of drug-likeness (QED) is 0.460. The fourth-order valence-electron chi connectivity index (χ4n) is 5.61. The van der Waals surface area contributed by atoms with Crippen LogP contribution in [0.15, 0.2) is 36.5 Å². The fraction of sp³-hybridized carbons (Fsp3) is 0.448. The molecule has 38 heavy (non-hydrogen) atoms. The first kappa shape index (κ1) is 25.8. The number of pyridine rings is 1. The smallest absolute Gasteiger partial charge is 0.173 e. The van der Waals surface area contributed by atoms with Crippen molar-refractivity contribution in [2.75, 3.05) is 62.4 Å². The van der Waals surface area contributed by atoms with Gasteiger partial charge in [0.2, 0.25) is 0 Å². The summed E-state index contributed by atoms with van der Waals surface area (Å²) < 4.78 is 11.1. The summed E-state index contributed by atoms with van der Waals surface area (Å²) in [7, 11) is 0. The number of carbonyl (C=O) groups excluding carboxylic acids is 1. The summed E-state index contributed by atoms with van der Waals surface area (Å²) in [6.45, 7) is 9.75. The molecule has 3 aliphatic rings. The Hall–Kier alpha value is -2.49. The summed E-state index contributed by atoms with van der Waals surface area (Å²) in [5.41, 5.74) is 4.73. The summed E-state index contributed by atoms with van der Waals surface area (Å²) in [4.78, 5) is 23.2. The third-order valence-corrected chi connectivity index (χ3v) is 9.40. The topological polar surface area (TPSA) is 75.1 Å². The van der Waals surface area contributed by atoms with Crippen LogP contribution in [0.4, 0.5) is 10.7 Å². The van der Waals surface area contributed by atoms with Crippen LogP contribution in [-0.4, -0.2) is 68.5 Å². The van der Waals surface area contributed by atoms with Crippen LogP contribution in [0, 0.1) is 5.41 Å². The van der Waals surface area contributed by atoms with Crippen molar-refractivity contribution in [3.63, 3.8) is 0 Å². The minimum absolute atomic E-state index is 0.0941. The third-order valence-electron chi connectivity index (χ3n) is 7.76. The third kappa shape index (κ3) is 4.62. The van der Waals surface area contributed by atoms with Gasteiger partial charge in [0, 0.05) is 66.6 Å². The Bertz CT molecular complexity index is 1360. The van der Waals surface area contributed by atoms with E-state index in [2.05, 4.69) is 15.9 Å². The van der Waals surface area contributed by atoms with Crippen molar-refractivity contribution < 1.29 is 19.4 Å². The SMILES string of the molecule is CC1(C)CC(=O)c2sc(N3CCOCC3)c(-c3ccnc(-c4cc(N5CCOCC5)ccc4Cl)c3)c2[C@H]1O. The number of aliphatic hydroxyl groups is 1. The molecule has 1 N–H and O–H groups in total. The van der Waals surface area contributed by atoms with Gasteiger partial charge in [-0.25, -0.2) is 0 Å². The standard InChI is InChI=1S/C29H32ClN3O4S/c1-29(2)17-23(34)26-25(27(29)35)24(28(38-26)33-9-13-37-14-10-33)18-5-6-31-22(15-18)20-16-19(3-4-21(20)30)32-7-11-36-12-8-32/h3-6,15-16,27,35H,7-14,17H2,1-2H3/t27-/m1/s1. The van der Waals surface area contributed by atoms with E-state index in [1.165, 1.54) is 11.3 Å². The number of hydrogen-bond donors (Lipinski definition) is 1. The number of benzene rings is 1. The highest BCUT2D eigenvalue weighted by Gasteiger charge is 2.43. The van der Waals surface area contributed by atoms with Gasteiger partial charge in [-0.15, -0.1) is 11.3 Å². The highest BCUT2D eigenvalue weighted by molar-refractivity contribution is 7.19. The number of halogens is 1. The number of ether oxygens (including phenoxy) is 2. The van der Waals surface area contributed by atoms with Crippen molar-refractivity contribution in [2.24, 2.45) is 5.41 Å². The summed E-state index contributed by atoms with van der Waals surface area (Å²) in [6.07, 6.45) is 1.37. The first-order chi connectivity index (χ1) is 18.3. The van der Waals surface area contributed by atoms with E-state index in [1.807, 2.05) is 38.1 Å². The lowest BCUT2D eigenvalue weighted by Crippen LogP contribution is -2.36. The molecule has 1 aliphatic carbocycles. The van der Waals surface area contributed by atoms with Crippen LogP contribution < -0.4 is 9.80 Å². The van der Waals surface area contributed by atoms with E-state index >= 15 is 0 Å². The molecule has 0 unspecified atom stereocenters. The van der Waals surface area contributed by atoms with E-state index in [0.29, 0.717) is 42.7 Å². The molecule has 4 heterocycles. The molecule has 0 spiro atoms. The number of fused-ring (bicyclic) bond motifs is 1. The number of Topliss-reactive ketones (excluding diaryl/α,β-unsaturated/α-hetero) is 1. The van der Waals surface area contributed by atoms with Gasteiger partial charge in [-0.05, 0) is 35.9 Å². The molecule has 0 amide bonds. The van der Waals surface area contributed by atoms with Crippen LogP contribution in [0.2, 0.25) is 5.02 Å². The Morgan fingerprint density at radius 3 is 2.42 bits per heavy atom. The van der Waals surface area contributed by atoms with Crippen molar-refractivity contribution in [3.8, 4) is 22.4 Å². The van der Waals surface area contributed by atoms with E-state index in [0.717, 1.165) is 64.8 Å². The molecule has 200 valence electrons. The van der Waals surface area contributed by atoms with E-state index in [4.69, 9.17) is 26.1 Å². The lowest BCUT2D eigenvalue weighted by Gasteiger charge is -2.35. The van der Waals surface area contributed by atoms with E-state index < -0.39 is 11.5 Å². The first-order valence-corrected chi connectivity index (χ1v) is 14.3. The van der Waals surface area contributed by atoms with Gasteiger partial charge in [0.15, 0.2) is 5.78 Å². The molecular formula is C29H32ClN3O4S. The molecule has 0 radical (unpaired) electrons. The highest BCUT2D eigenvalue weighted by Crippen LogP contribution is 2.54. The number of aromatic nitrogens is 1. The summed E-state index contributed by atoms with van der Waals surface area (Å²) >= 11 is 8.20. The predicted octanol–water partition coefficient (Wildman–Crippen LogP) is 5.45. The van der Waals surface area contributed by atoms with E-state index in [-0.39, 0.29) is 5.78 Å². The molecule has 0 saturated carbocycles. The van der Waals surface area contributed by atoms with E-state index in [1.54, 1.807) is 6.20 Å². The van der Waals surface area contributed by atoms with Crippen LogP contribution >= 0.6 is 22.9 Å². The zero-order chi connectivity index (χ0) is 26.4. The number of carbonyl (C=O) groups is 1. The maximum Gasteiger partial charge on any atom is 0.173 e. The second-order valence-electron chi connectivity index (χ2n) is 10.8. The molecule has 2 aromatic heterocycles. The van der Waals surface area contributed by atoms with Gasteiger partial charge in [0.05, 0.1) is 48.1 Å².